The van der Waals surface area contributed by atoms with Gasteiger partial charge in [0.15, 0.2) is 11.5 Å². The summed E-state index contributed by atoms with van der Waals surface area (Å²) in [6.45, 7) is 2.82. The fourth-order valence-electron chi connectivity index (χ4n) is 1.96. The lowest BCUT2D eigenvalue weighted by Crippen LogP contribution is -2.18. The Morgan fingerprint density at radius 1 is 1.42 bits per heavy atom. The van der Waals surface area contributed by atoms with Gasteiger partial charge in [-0.05, 0) is 31.4 Å². The summed E-state index contributed by atoms with van der Waals surface area (Å²) in [5.74, 6) is 4.88. The molecule has 4 nitrogen and oxygen atoms in total. The molecule has 1 aromatic carbocycles. The minimum Gasteiger partial charge on any atom is -0.493 e. The molecular formula is C15H19NO3. The highest BCUT2D eigenvalue weighted by molar-refractivity contribution is 5.52. The van der Waals surface area contributed by atoms with Crippen LogP contribution < -0.4 is 19.9 Å². The third-order valence-electron chi connectivity index (χ3n) is 2.82. The van der Waals surface area contributed by atoms with Gasteiger partial charge in [-0.2, -0.15) is 0 Å². The summed E-state index contributed by atoms with van der Waals surface area (Å²) in [6, 6.07) is 3.88. The van der Waals surface area contributed by atoms with Crippen molar-refractivity contribution in [2.45, 2.75) is 32.2 Å². The van der Waals surface area contributed by atoms with Crippen LogP contribution in [0.2, 0.25) is 0 Å². The molecule has 1 aliphatic rings. The molecule has 0 spiro atoms. The molecule has 1 heterocycles. The first-order valence-corrected chi connectivity index (χ1v) is 6.45. The Hall–Kier alpha value is -1.86. The lowest BCUT2D eigenvalue weighted by molar-refractivity contribution is 0.173. The average molecular weight is 261 g/mol. The van der Waals surface area contributed by atoms with E-state index in [2.05, 4.69) is 5.92 Å². The summed E-state index contributed by atoms with van der Waals surface area (Å²) >= 11 is 0. The molecule has 1 unspecified atom stereocenters. The molecular weight excluding hydrogens is 242 g/mol. The van der Waals surface area contributed by atoms with Gasteiger partial charge in [0.1, 0.15) is 5.75 Å². The molecule has 1 aromatic rings. The van der Waals surface area contributed by atoms with E-state index >= 15 is 0 Å². The van der Waals surface area contributed by atoms with Crippen molar-refractivity contribution in [2.24, 2.45) is 5.73 Å². The van der Waals surface area contributed by atoms with E-state index in [-0.39, 0.29) is 12.8 Å². The number of benzene rings is 1. The Morgan fingerprint density at radius 3 is 2.84 bits per heavy atom. The van der Waals surface area contributed by atoms with Gasteiger partial charge in [0.25, 0.3) is 0 Å². The van der Waals surface area contributed by atoms with Crippen LogP contribution in [0.4, 0.5) is 0 Å². The van der Waals surface area contributed by atoms with Crippen molar-refractivity contribution in [1.82, 2.24) is 0 Å². The van der Waals surface area contributed by atoms with E-state index in [4.69, 9.17) is 26.4 Å². The molecule has 2 rings (SSSR count). The summed E-state index contributed by atoms with van der Waals surface area (Å²) in [5.41, 5.74) is 6.90. The molecule has 102 valence electrons. The minimum atomic E-state index is 0.0634. The zero-order chi connectivity index (χ0) is 13.7. The van der Waals surface area contributed by atoms with Gasteiger partial charge < -0.3 is 19.9 Å². The highest BCUT2D eigenvalue weighted by Gasteiger charge is 2.18. The lowest BCUT2D eigenvalue weighted by atomic mass is 10.1. The fourth-order valence-corrected chi connectivity index (χ4v) is 1.96. The smallest absolute Gasteiger partial charge is 0.231 e. The van der Waals surface area contributed by atoms with Crippen molar-refractivity contribution in [3.8, 4) is 29.6 Å². The highest BCUT2D eigenvalue weighted by atomic mass is 16.7. The SMILES string of the molecule is C#CCCCOc1cc2c(cc1CC(C)N)OCO2. The minimum absolute atomic E-state index is 0.0634. The quantitative estimate of drug-likeness (QED) is 0.629. The van der Waals surface area contributed by atoms with E-state index in [1.807, 2.05) is 19.1 Å². The zero-order valence-electron chi connectivity index (χ0n) is 11.1. The third-order valence-corrected chi connectivity index (χ3v) is 2.82. The second-order valence-electron chi connectivity index (χ2n) is 4.65. The van der Waals surface area contributed by atoms with Crippen LogP contribution in [-0.4, -0.2) is 19.4 Å². The molecule has 0 aromatic heterocycles. The van der Waals surface area contributed by atoms with Crippen molar-refractivity contribution in [3.05, 3.63) is 17.7 Å². The lowest BCUT2D eigenvalue weighted by Gasteiger charge is -2.14. The molecule has 19 heavy (non-hydrogen) atoms. The van der Waals surface area contributed by atoms with Crippen LogP contribution >= 0.6 is 0 Å². The first-order chi connectivity index (χ1) is 9.20. The highest BCUT2D eigenvalue weighted by Crippen LogP contribution is 2.38. The van der Waals surface area contributed by atoms with Gasteiger partial charge in [-0.3, -0.25) is 0 Å². The van der Waals surface area contributed by atoms with Crippen LogP contribution in [0.5, 0.6) is 17.2 Å². The van der Waals surface area contributed by atoms with Gasteiger partial charge >= 0.3 is 0 Å². The number of unbranched alkanes of at least 4 members (excludes halogenated alkanes) is 1. The second kappa shape index (κ2) is 6.35. The monoisotopic (exact) mass is 261 g/mol. The van der Waals surface area contributed by atoms with E-state index in [0.29, 0.717) is 13.0 Å². The Bertz CT molecular complexity index is 477. The average Bonchev–Trinajstić information content (AvgIpc) is 2.81. The molecule has 0 saturated carbocycles. The first-order valence-electron chi connectivity index (χ1n) is 6.45. The van der Waals surface area contributed by atoms with Gasteiger partial charge in [-0.15, -0.1) is 12.3 Å². The summed E-state index contributed by atoms with van der Waals surface area (Å²) in [7, 11) is 0. The van der Waals surface area contributed by atoms with E-state index in [0.717, 1.165) is 35.7 Å². The van der Waals surface area contributed by atoms with Crippen molar-refractivity contribution in [1.29, 1.82) is 0 Å². The number of rotatable bonds is 6. The Morgan fingerprint density at radius 2 is 2.16 bits per heavy atom. The molecule has 0 bridgehead atoms. The number of nitrogens with two attached hydrogens (primary N) is 1. The maximum atomic E-state index is 5.86. The zero-order valence-corrected chi connectivity index (χ0v) is 11.1. The summed E-state index contributed by atoms with van der Waals surface area (Å²) in [6.07, 6.45) is 7.51. The normalized spacial score (nSPS) is 13.9. The molecule has 1 atom stereocenters. The van der Waals surface area contributed by atoms with Crippen LogP contribution in [-0.2, 0) is 6.42 Å². The number of hydrogen-bond donors (Lipinski definition) is 1. The number of ether oxygens (including phenoxy) is 3. The van der Waals surface area contributed by atoms with Crippen LogP contribution in [0.1, 0.15) is 25.3 Å². The van der Waals surface area contributed by atoms with E-state index in [1.165, 1.54) is 0 Å². The van der Waals surface area contributed by atoms with Crippen molar-refractivity contribution >= 4 is 0 Å². The fraction of sp³-hybridized carbons (Fsp3) is 0.467. The Labute approximate surface area is 113 Å². The van der Waals surface area contributed by atoms with Crippen LogP contribution in [0.3, 0.4) is 0 Å². The van der Waals surface area contributed by atoms with Crippen LogP contribution in [0, 0.1) is 12.3 Å². The molecule has 0 fully saturated rings. The topological polar surface area (TPSA) is 53.7 Å². The largest absolute Gasteiger partial charge is 0.493 e. The summed E-state index contributed by atoms with van der Waals surface area (Å²) < 4.78 is 16.5. The Balaban J connectivity index is 2.12. The predicted octanol–water partition coefficient (Wildman–Crippen LogP) is 2.10. The third kappa shape index (κ3) is 3.55. The molecule has 4 heteroatoms. The van der Waals surface area contributed by atoms with Gasteiger partial charge in [-0.25, -0.2) is 0 Å². The first kappa shape index (κ1) is 13.6. The second-order valence-corrected chi connectivity index (χ2v) is 4.65. The maximum Gasteiger partial charge on any atom is 0.231 e. The summed E-state index contributed by atoms with van der Waals surface area (Å²) in [5, 5.41) is 0. The molecule has 2 N–H and O–H groups in total. The Kier molecular flexibility index (Phi) is 4.53. The van der Waals surface area contributed by atoms with E-state index in [9.17, 15) is 0 Å². The number of hydrogen-bond acceptors (Lipinski definition) is 4. The maximum absolute atomic E-state index is 5.86. The molecule has 0 saturated heterocycles. The standard InChI is InChI=1S/C15H19NO3/c1-3-4-5-6-17-13-9-15-14(18-10-19-15)8-12(13)7-11(2)16/h1,8-9,11H,4-7,10,16H2,2H3. The van der Waals surface area contributed by atoms with Crippen LogP contribution in [0.15, 0.2) is 12.1 Å². The predicted molar refractivity (Wildman–Crippen MR) is 73.5 cm³/mol. The number of terminal acetylenes is 1. The van der Waals surface area contributed by atoms with Gasteiger partial charge in [0, 0.05) is 18.5 Å². The van der Waals surface area contributed by atoms with E-state index in [1.54, 1.807) is 0 Å². The van der Waals surface area contributed by atoms with Crippen LogP contribution in [0.25, 0.3) is 0 Å². The van der Waals surface area contributed by atoms with Gasteiger partial charge in [0.05, 0.1) is 6.61 Å². The summed E-state index contributed by atoms with van der Waals surface area (Å²) in [4.78, 5) is 0. The van der Waals surface area contributed by atoms with Gasteiger partial charge in [-0.1, -0.05) is 0 Å². The molecule has 0 aliphatic carbocycles. The van der Waals surface area contributed by atoms with Crippen molar-refractivity contribution < 1.29 is 14.2 Å². The van der Waals surface area contributed by atoms with Crippen molar-refractivity contribution in [2.75, 3.05) is 13.4 Å². The number of fused-ring (bicyclic) bond motifs is 1. The van der Waals surface area contributed by atoms with E-state index < -0.39 is 0 Å². The molecule has 0 radical (unpaired) electrons. The van der Waals surface area contributed by atoms with Gasteiger partial charge in [0.2, 0.25) is 6.79 Å². The van der Waals surface area contributed by atoms with Crippen molar-refractivity contribution in [3.63, 3.8) is 0 Å². The molecule has 0 amide bonds. The molecule has 1 aliphatic heterocycles.